The van der Waals surface area contributed by atoms with Crippen molar-refractivity contribution in [2.45, 2.75) is 0 Å². The molecule has 0 bridgehead atoms. The van der Waals surface area contributed by atoms with E-state index < -0.39 is 11.5 Å². The molecule has 1 N–H and O–H groups in total. The maximum absolute atomic E-state index is 12.7. The predicted molar refractivity (Wildman–Crippen MR) is 102 cm³/mol. The van der Waals surface area contributed by atoms with Crippen LogP contribution in [0.4, 0.5) is 0 Å². The SMILES string of the molecule is N#Cc1c(/C=C\c2ccc(Cl)cc2)c(C(=O)O)nn(-c2ccccc2)c1=O. The van der Waals surface area contributed by atoms with Gasteiger partial charge >= 0.3 is 5.97 Å². The number of aromatic carboxylic acids is 1. The van der Waals surface area contributed by atoms with Crippen molar-refractivity contribution in [1.29, 1.82) is 5.26 Å². The molecule has 0 aliphatic rings. The van der Waals surface area contributed by atoms with Gasteiger partial charge in [-0.2, -0.15) is 15.0 Å². The summed E-state index contributed by atoms with van der Waals surface area (Å²) in [6.07, 6.45) is 2.99. The number of hydrogen-bond acceptors (Lipinski definition) is 4. The molecule has 0 unspecified atom stereocenters. The molecule has 0 saturated carbocycles. The summed E-state index contributed by atoms with van der Waals surface area (Å²) >= 11 is 5.84. The van der Waals surface area contributed by atoms with Crippen LogP contribution in [0.1, 0.15) is 27.2 Å². The van der Waals surface area contributed by atoms with Gasteiger partial charge in [0, 0.05) is 10.6 Å². The van der Waals surface area contributed by atoms with E-state index in [0.717, 1.165) is 10.2 Å². The van der Waals surface area contributed by atoms with E-state index in [1.54, 1.807) is 66.7 Å². The van der Waals surface area contributed by atoms with Gasteiger partial charge in [-0.1, -0.05) is 54.1 Å². The van der Waals surface area contributed by atoms with Crippen LogP contribution in [0.3, 0.4) is 0 Å². The van der Waals surface area contributed by atoms with E-state index in [2.05, 4.69) is 5.10 Å². The fourth-order valence-electron chi connectivity index (χ4n) is 2.46. The van der Waals surface area contributed by atoms with Crippen LogP contribution in [-0.2, 0) is 0 Å². The Morgan fingerprint density at radius 3 is 2.37 bits per heavy atom. The van der Waals surface area contributed by atoms with E-state index in [-0.39, 0.29) is 16.8 Å². The monoisotopic (exact) mass is 377 g/mol. The van der Waals surface area contributed by atoms with Gasteiger partial charge in [-0.05, 0) is 29.8 Å². The number of carboxylic acid groups (broad SMARTS) is 1. The quantitative estimate of drug-likeness (QED) is 0.749. The number of aromatic nitrogens is 2. The van der Waals surface area contributed by atoms with E-state index in [0.29, 0.717) is 10.7 Å². The largest absolute Gasteiger partial charge is 0.476 e. The predicted octanol–water partition coefficient (Wildman–Crippen LogP) is 3.63. The summed E-state index contributed by atoms with van der Waals surface area (Å²) in [5.41, 5.74) is -0.320. The summed E-state index contributed by atoms with van der Waals surface area (Å²) < 4.78 is 0.918. The maximum Gasteiger partial charge on any atom is 0.357 e. The number of hydrogen-bond donors (Lipinski definition) is 1. The van der Waals surface area contributed by atoms with Crippen LogP contribution in [0, 0.1) is 11.3 Å². The molecule has 0 atom stereocenters. The van der Waals surface area contributed by atoms with Crippen molar-refractivity contribution < 1.29 is 9.90 Å². The number of carbonyl (C=O) groups is 1. The molecule has 0 radical (unpaired) electrons. The number of para-hydroxylation sites is 1. The zero-order chi connectivity index (χ0) is 19.4. The number of rotatable bonds is 4. The van der Waals surface area contributed by atoms with Crippen LogP contribution >= 0.6 is 11.6 Å². The smallest absolute Gasteiger partial charge is 0.357 e. The first-order chi connectivity index (χ1) is 13.0. The Morgan fingerprint density at radius 1 is 1.11 bits per heavy atom. The Balaban J connectivity index is 2.20. The van der Waals surface area contributed by atoms with Gasteiger partial charge in [0.05, 0.1) is 5.69 Å². The molecule has 6 nitrogen and oxygen atoms in total. The van der Waals surface area contributed by atoms with Crippen LogP contribution in [0.5, 0.6) is 0 Å². The van der Waals surface area contributed by atoms with E-state index >= 15 is 0 Å². The average molecular weight is 378 g/mol. The molecular formula is C20H12ClN3O3. The van der Waals surface area contributed by atoms with E-state index in [4.69, 9.17) is 11.6 Å². The zero-order valence-electron chi connectivity index (χ0n) is 13.8. The third-order valence-electron chi connectivity index (χ3n) is 3.76. The minimum absolute atomic E-state index is 0.0443. The molecule has 2 aromatic carbocycles. The van der Waals surface area contributed by atoms with Gasteiger partial charge < -0.3 is 5.11 Å². The van der Waals surface area contributed by atoms with Crippen molar-refractivity contribution in [3.8, 4) is 11.8 Å². The fraction of sp³-hybridized carbons (Fsp3) is 0. The zero-order valence-corrected chi connectivity index (χ0v) is 14.6. The Morgan fingerprint density at radius 2 is 1.78 bits per heavy atom. The Bertz CT molecular complexity index is 1130. The molecule has 1 heterocycles. The lowest BCUT2D eigenvalue weighted by molar-refractivity contribution is 0.0688. The Labute approximate surface area is 159 Å². The topological polar surface area (TPSA) is 96.0 Å². The highest BCUT2D eigenvalue weighted by molar-refractivity contribution is 6.30. The number of carboxylic acids is 1. The number of benzene rings is 2. The third-order valence-corrected chi connectivity index (χ3v) is 4.01. The second-order valence-electron chi connectivity index (χ2n) is 5.49. The maximum atomic E-state index is 12.7. The second-order valence-corrected chi connectivity index (χ2v) is 5.93. The van der Waals surface area contributed by atoms with Gasteiger partial charge in [0.1, 0.15) is 11.6 Å². The highest BCUT2D eigenvalue weighted by atomic mass is 35.5. The van der Waals surface area contributed by atoms with Gasteiger partial charge in [-0.25, -0.2) is 4.79 Å². The first-order valence-corrected chi connectivity index (χ1v) is 8.19. The fourth-order valence-corrected chi connectivity index (χ4v) is 2.59. The molecule has 1 aromatic heterocycles. The molecule has 132 valence electrons. The lowest BCUT2D eigenvalue weighted by atomic mass is 10.1. The van der Waals surface area contributed by atoms with Crippen LogP contribution in [0.25, 0.3) is 17.8 Å². The number of nitriles is 1. The lowest BCUT2D eigenvalue weighted by Gasteiger charge is -2.09. The second kappa shape index (κ2) is 7.68. The summed E-state index contributed by atoms with van der Waals surface area (Å²) in [6.45, 7) is 0. The van der Waals surface area contributed by atoms with Gasteiger partial charge in [-0.15, -0.1) is 0 Å². The molecule has 3 aromatic rings. The van der Waals surface area contributed by atoms with E-state index in [1.165, 1.54) is 6.08 Å². The summed E-state index contributed by atoms with van der Waals surface area (Å²) in [4.78, 5) is 24.4. The Hall–Kier alpha value is -3.69. The van der Waals surface area contributed by atoms with Crippen molar-refractivity contribution in [2.75, 3.05) is 0 Å². The van der Waals surface area contributed by atoms with Gasteiger partial charge in [0.25, 0.3) is 5.56 Å². The molecule has 3 rings (SSSR count). The normalized spacial score (nSPS) is 10.7. The summed E-state index contributed by atoms with van der Waals surface area (Å²) in [5.74, 6) is -1.34. The molecule has 27 heavy (non-hydrogen) atoms. The summed E-state index contributed by atoms with van der Waals surface area (Å²) in [6, 6.07) is 16.9. The van der Waals surface area contributed by atoms with Crippen LogP contribution in [0.15, 0.2) is 59.4 Å². The average Bonchev–Trinajstić information content (AvgIpc) is 2.68. The van der Waals surface area contributed by atoms with E-state index in [9.17, 15) is 20.0 Å². The van der Waals surface area contributed by atoms with Crippen LogP contribution < -0.4 is 5.56 Å². The first kappa shape index (κ1) is 18.1. The minimum atomic E-state index is -1.34. The Kier molecular flexibility index (Phi) is 5.15. The van der Waals surface area contributed by atoms with Crippen molar-refractivity contribution in [2.24, 2.45) is 0 Å². The number of halogens is 1. The molecular weight excluding hydrogens is 366 g/mol. The minimum Gasteiger partial charge on any atom is -0.476 e. The molecule has 0 fully saturated rings. The van der Waals surface area contributed by atoms with Crippen molar-refractivity contribution in [3.63, 3.8) is 0 Å². The summed E-state index contributed by atoms with van der Waals surface area (Å²) in [7, 11) is 0. The molecule has 0 saturated heterocycles. The first-order valence-electron chi connectivity index (χ1n) is 7.81. The van der Waals surface area contributed by atoms with Crippen molar-refractivity contribution >= 4 is 29.7 Å². The van der Waals surface area contributed by atoms with Crippen molar-refractivity contribution in [3.05, 3.63) is 92.4 Å². The number of nitrogens with zero attached hydrogens (tertiary/aromatic N) is 3. The van der Waals surface area contributed by atoms with Gasteiger partial charge in [0.15, 0.2) is 5.69 Å². The molecule has 0 amide bonds. The molecule has 7 heteroatoms. The van der Waals surface area contributed by atoms with Crippen LogP contribution in [-0.4, -0.2) is 20.9 Å². The standard InChI is InChI=1S/C20H12ClN3O3/c21-14-9-6-13(7-10-14)8-11-16-17(12-22)19(25)24(23-18(16)20(26)27)15-4-2-1-3-5-15/h1-11H,(H,26,27)/b11-8-. The molecule has 0 aliphatic carbocycles. The highest BCUT2D eigenvalue weighted by Gasteiger charge is 2.20. The van der Waals surface area contributed by atoms with Gasteiger partial charge in [0.2, 0.25) is 0 Å². The molecule has 0 spiro atoms. The van der Waals surface area contributed by atoms with Crippen molar-refractivity contribution in [1.82, 2.24) is 9.78 Å². The van der Waals surface area contributed by atoms with Gasteiger partial charge in [-0.3, -0.25) is 4.79 Å². The molecule has 0 aliphatic heterocycles. The summed E-state index contributed by atoms with van der Waals surface area (Å²) in [5, 5.41) is 23.5. The highest BCUT2D eigenvalue weighted by Crippen LogP contribution is 2.17. The third kappa shape index (κ3) is 3.78. The lowest BCUT2D eigenvalue weighted by Crippen LogP contribution is -2.28. The van der Waals surface area contributed by atoms with Crippen LogP contribution in [0.2, 0.25) is 5.02 Å². The van der Waals surface area contributed by atoms with E-state index in [1.807, 2.05) is 0 Å².